The Balaban J connectivity index is 1.74. The predicted octanol–water partition coefficient (Wildman–Crippen LogP) is 1.43. The summed E-state index contributed by atoms with van der Waals surface area (Å²) in [6.07, 6.45) is 1.36. The number of nitrogens with one attached hydrogen (secondary N) is 2. The molecule has 0 fully saturated rings. The molecule has 0 saturated heterocycles. The van der Waals surface area contributed by atoms with E-state index in [1.54, 1.807) is 0 Å². The van der Waals surface area contributed by atoms with E-state index in [0.717, 1.165) is 0 Å². The summed E-state index contributed by atoms with van der Waals surface area (Å²) in [4.78, 5) is 50.4. The largest absolute Gasteiger partial charge is 0.465 e. The van der Waals surface area contributed by atoms with Crippen LogP contribution in [-0.2, 0) is 19.1 Å². The second kappa shape index (κ2) is 10.0. The summed E-state index contributed by atoms with van der Waals surface area (Å²) in [5.41, 5.74) is 0.791. The molecule has 0 unspecified atom stereocenters. The Morgan fingerprint density at radius 2 is 1.82 bits per heavy atom. The van der Waals surface area contributed by atoms with Crippen LogP contribution in [0.2, 0.25) is 5.02 Å². The van der Waals surface area contributed by atoms with Gasteiger partial charge < -0.3 is 20.1 Å². The molecule has 0 spiro atoms. The minimum atomic E-state index is -0.799. The number of hydrogen-bond acceptors (Lipinski definition) is 7. The molecule has 0 radical (unpaired) electrons. The minimum Gasteiger partial charge on any atom is -0.465 e. The summed E-state index contributed by atoms with van der Waals surface area (Å²) < 4.78 is 9.35. The molecular weight excluding hydrogens is 390 g/mol. The van der Waals surface area contributed by atoms with E-state index in [9.17, 15) is 19.2 Å². The van der Waals surface area contributed by atoms with Gasteiger partial charge in [-0.1, -0.05) is 11.6 Å². The van der Waals surface area contributed by atoms with Crippen molar-refractivity contribution in [2.24, 2.45) is 0 Å². The average molecular weight is 406 g/mol. The van der Waals surface area contributed by atoms with Crippen LogP contribution in [0.4, 0.5) is 5.69 Å². The molecule has 0 bridgehead atoms. The zero-order chi connectivity index (χ0) is 20.5. The van der Waals surface area contributed by atoms with Gasteiger partial charge in [0.1, 0.15) is 12.2 Å². The van der Waals surface area contributed by atoms with E-state index >= 15 is 0 Å². The molecule has 28 heavy (non-hydrogen) atoms. The number of benzene rings is 1. The third-order valence-corrected chi connectivity index (χ3v) is 3.54. The van der Waals surface area contributed by atoms with Crippen molar-refractivity contribution in [2.45, 2.75) is 0 Å². The number of hydrogen-bond donors (Lipinski definition) is 2. The summed E-state index contributed by atoms with van der Waals surface area (Å²) in [5.74, 6) is -2.48. The molecule has 0 aliphatic carbocycles. The number of anilines is 1. The maximum absolute atomic E-state index is 11.8. The van der Waals surface area contributed by atoms with Gasteiger partial charge in [-0.05, 0) is 36.4 Å². The van der Waals surface area contributed by atoms with Gasteiger partial charge in [0.2, 0.25) is 0 Å². The molecule has 0 saturated carbocycles. The summed E-state index contributed by atoms with van der Waals surface area (Å²) in [6.45, 7) is -0.975. The van der Waals surface area contributed by atoms with Crippen LogP contribution in [-0.4, -0.2) is 49.0 Å². The third-order valence-electron chi connectivity index (χ3n) is 3.30. The number of carbonyl (C=O) groups excluding carboxylic acids is 4. The molecule has 146 valence electrons. The van der Waals surface area contributed by atoms with E-state index < -0.39 is 36.9 Å². The average Bonchev–Trinajstić information content (AvgIpc) is 2.70. The molecule has 10 heteroatoms. The van der Waals surface area contributed by atoms with Crippen molar-refractivity contribution in [1.29, 1.82) is 0 Å². The van der Waals surface area contributed by atoms with E-state index in [-0.39, 0.29) is 5.69 Å². The smallest absolute Gasteiger partial charge is 0.337 e. The number of pyridine rings is 1. The molecule has 2 aromatic rings. The van der Waals surface area contributed by atoms with E-state index in [2.05, 4.69) is 20.4 Å². The van der Waals surface area contributed by atoms with Gasteiger partial charge in [-0.3, -0.25) is 19.4 Å². The lowest BCUT2D eigenvalue weighted by atomic mass is 10.2. The van der Waals surface area contributed by atoms with Crippen molar-refractivity contribution in [3.8, 4) is 0 Å². The first-order valence-electron chi connectivity index (χ1n) is 7.92. The number of ether oxygens (including phenoxy) is 2. The van der Waals surface area contributed by atoms with Gasteiger partial charge in [-0.25, -0.2) is 4.79 Å². The Kier molecular flexibility index (Phi) is 7.46. The number of aromatic nitrogens is 1. The highest BCUT2D eigenvalue weighted by atomic mass is 35.5. The van der Waals surface area contributed by atoms with Gasteiger partial charge in [0.15, 0.2) is 6.61 Å². The van der Waals surface area contributed by atoms with Crippen LogP contribution >= 0.6 is 11.6 Å². The zero-order valence-electron chi connectivity index (χ0n) is 14.7. The minimum absolute atomic E-state index is 0.0495. The normalized spacial score (nSPS) is 9.93. The van der Waals surface area contributed by atoms with Crippen molar-refractivity contribution in [3.05, 3.63) is 58.9 Å². The number of esters is 2. The molecule has 1 aromatic carbocycles. The van der Waals surface area contributed by atoms with Crippen LogP contribution in [0.15, 0.2) is 42.6 Å². The van der Waals surface area contributed by atoms with E-state index in [0.29, 0.717) is 16.3 Å². The van der Waals surface area contributed by atoms with Crippen molar-refractivity contribution in [3.63, 3.8) is 0 Å². The Hall–Kier alpha value is -3.46. The molecule has 1 aromatic heterocycles. The first-order chi connectivity index (χ1) is 13.4. The summed E-state index contributed by atoms with van der Waals surface area (Å²) in [6, 6.07) is 8.82. The molecule has 1 heterocycles. The van der Waals surface area contributed by atoms with Crippen LogP contribution in [0.5, 0.6) is 0 Å². The monoisotopic (exact) mass is 405 g/mol. The summed E-state index contributed by atoms with van der Waals surface area (Å²) in [5, 5.41) is 5.14. The lowest BCUT2D eigenvalue weighted by molar-refractivity contribution is -0.146. The Morgan fingerprint density at radius 3 is 2.46 bits per heavy atom. The number of carbonyl (C=O) groups is 4. The highest BCUT2D eigenvalue weighted by molar-refractivity contribution is 6.30. The van der Waals surface area contributed by atoms with Gasteiger partial charge in [0.05, 0.1) is 12.7 Å². The van der Waals surface area contributed by atoms with Gasteiger partial charge in [-0.15, -0.1) is 0 Å². The third kappa shape index (κ3) is 6.36. The number of amides is 2. The predicted molar refractivity (Wildman–Crippen MR) is 99.0 cm³/mol. The maximum atomic E-state index is 11.8. The molecule has 0 atom stereocenters. The molecule has 0 aliphatic heterocycles. The second-order valence-corrected chi connectivity index (χ2v) is 5.76. The number of rotatable bonds is 7. The maximum Gasteiger partial charge on any atom is 0.337 e. The molecule has 2 amide bonds. The topological polar surface area (TPSA) is 124 Å². The van der Waals surface area contributed by atoms with E-state index in [1.165, 1.54) is 49.7 Å². The van der Waals surface area contributed by atoms with Crippen LogP contribution in [0.1, 0.15) is 20.8 Å². The van der Waals surface area contributed by atoms with Crippen LogP contribution < -0.4 is 10.6 Å². The molecule has 9 nitrogen and oxygen atoms in total. The van der Waals surface area contributed by atoms with E-state index in [4.69, 9.17) is 16.3 Å². The molecular formula is C18H16ClN3O6. The van der Waals surface area contributed by atoms with Crippen molar-refractivity contribution in [1.82, 2.24) is 10.3 Å². The Labute approximate surface area is 165 Å². The van der Waals surface area contributed by atoms with Crippen molar-refractivity contribution < 1.29 is 28.7 Å². The van der Waals surface area contributed by atoms with E-state index in [1.807, 2.05) is 0 Å². The number of methoxy groups -OCH3 is 1. The van der Waals surface area contributed by atoms with Crippen LogP contribution in [0.25, 0.3) is 0 Å². The SMILES string of the molecule is COC(=O)c1ccc(NC(=O)COC(=O)CNC(=O)c2cc(Cl)ccn2)cc1. The highest BCUT2D eigenvalue weighted by Gasteiger charge is 2.12. The Morgan fingerprint density at radius 1 is 1.11 bits per heavy atom. The first-order valence-corrected chi connectivity index (χ1v) is 8.30. The molecule has 0 aliphatic rings. The quantitative estimate of drug-likeness (QED) is 0.668. The summed E-state index contributed by atoms with van der Waals surface area (Å²) >= 11 is 5.76. The van der Waals surface area contributed by atoms with Crippen molar-refractivity contribution >= 4 is 41.0 Å². The second-order valence-electron chi connectivity index (χ2n) is 5.32. The number of halogens is 1. The standard InChI is InChI=1S/C18H16ClN3O6/c1-27-18(26)11-2-4-13(5-3-11)22-15(23)10-28-16(24)9-21-17(25)14-8-12(19)6-7-20-14/h2-8H,9-10H2,1H3,(H,21,25)(H,22,23). The fraction of sp³-hybridized carbons (Fsp3) is 0.167. The van der Waals surface area contributed by atoms with Crippen molar-refractivity contribution in [2.75, 3.05) is 25.6 Å². The summed E-state index contributed by atoms with van der Waals surface area (Å²) in [7, 11) is 1.26. The lowest BCUT2D eigenvalue weighted by Gasteiger charge is -2.08. The first kappa shape index (κ1) is 20.8. The molecule has 2 rings (SSSR count). The zero-order valence-corrected chi connectivity index (χ0v) is 15.5. The fourth-order valence-corrected chi connectivity index (χ4v) is 2.13. The number of nitrogens with zero attached hydrogens (tertiary/aromatic N) is 1. The highest BCUT2D eigenvalue weighted by Crippen LogP contribution is 2.10. The lowest BCUT2D eigenvalue weighted by Crippen LogP contribution is -2.32. The van der Waals surface area contributed by atoms with Crippen LogP contribution in [0.3, 0.4) is 0 Å². The van der Waals surface area contributed by atoms with Gasteiger partial charge in [0.25, 0.3) is 11.8 Å². The van der Waals surface area contributed by atoms with Gasteiger partial charge >= 0.3 is 11.9 Å². The fourth-order valence-electron chi connectivity index (χ4n) is 1.97. The van der Waals surface area contributed by atoms with Gasteiger partial charge in [-0.2, -0.15) is 0 Å². The van der Waals surface area contributed by atoms with Crippen LogP contribution in [0, 0.1) is 0 Å². The van der Waals surface area contributed by atoms with Gasteiger partial charge in [0, 0.05) is 16.9 Å². The Bertz CT molecular complexity index is 885. The molecule has 2 N–H and O–H groups in total.